The van der Waals surface area contributed by atoms with Crippen LogP contribution in [0.25, 0.3) is 0 Å². The van der Waals surface area contributed by atoms with Crippen molar-refractivity contribution >= 4 is 29.5 Å². The number of rotatable bonds is 4. The third-order valence-electron chi connectivity index (χ3n) is 4.57. The number of nitrogens with one attached hydrogen (secondary N) is 1. The summed E-state index contributed by atoms with van der Waals surface area (Å²) in [6.45, 7) is 4.99. The van der Waals surface area contributed by atoms with Gasteiger partial charge >= 0.3 is 0 Å². The number of amides is 1. The Morgan fingerprint density at radius 3 is 2.71 bits per heavy atom. The molecule has 1 aromatic carbocycles. The SMILES string of the molecule is COc1ccc([C@@H]2C[C@@H](C)CN2C(=O)Cc2sc(=S)[nH]c2C)cc1. The summed E-state index contributed by atoms with van der Waals surface area (Å²) in [7, 11) is 1.66. The number of thiazole rings is 1. The van der Waals surface area contributed by atoms with Crippen LogP contribution in [-0.4, -0.2) is 29.4 Å². The molecule has 6 heteroatoms. The Morgan fingerprint density at radius 2 is 2.12 bits per heavy atom. The number of likely N-dealkylation sites (tertiary alicyclic amines) is 1. The Kier molecular flexibility index (Phi) is 5.06. The monoisotopic (exact) mass is 362 g/mol. The zero-order valence-electron chi connectivity index (χ0n) is 14.2. The van der Waals surface area contributed by atoms with E-state index in [1.54, 1.807) is 7.11 Å². The first-order chi connectivity index (χ1) is 11.5. The molecule has 0 unspecified atom stereocenters. The molecule has 24 heavy (non-hydrogen) atoms. The molecule has 1 saturated heterocycles. The van der Waals surface area contributed by atoms with Gasteiger partial charge in [-0.25, -0.2) is 0 Å². The molecule has 2 aromatic rings. The van der Waals surface area contributed by atoms with Gasteiger partial charge in [0.2, 0.25) is 5.91 Å². The minimum Gasteiger partial charge on any atom is -0.497 e. The van der Waals surface area contributed by atoms with Gasteiger partial charge in [-0.3, -0.25) is 4.79 Å². The summed E-state index contributed by atoms with van der Waals surface area (Å²) in [6.07, 6.45) is 1.42. The summed E-state index contributed by atoms with van der Waals surface area (Å²) < 4.78 is 5.96. The fraction of sp³-hybridized carbons (Fsp3) is 0.444. The second-order valence-electron chi connectivity index (χ2n) is 6.42. The average molecular weight is 363 g/mol. The Bertz CT molecular complexity index is 779. The maximum Gasteiger partial charge on any atom is 0.228 e. The standard InChI is InChI=1S/C18H22N2O2S2/c1-11-8-15(13-4-6-14(22-3)7-5-13)20(10-11)17(21)9-16-12(2)19-18(23)24-16/h4-7,11,15H,8-10H2,1-3H3,(H,19,23)/t11-,15+/m1/s1. The van der Waals surface area contributed by atoms with Crippen molar-refractivity contribution in [3.63, 3.8) is 0 Å². The van der Waals surface area contributed by atoms with Crippen LogP contribution in [0.3, 0.4) is 0 Å². The molecule has 1 fully saturated rings. The quantitative estimate of drug-likeness (QED) is 0.826. The van der Waals surface area contributed by atoms with Crippen molar-refractivity contribution in [2.45, 2.75) is 32.7 Å². The van der Waals surface area contributed by atoms with Crippen LogP contribution in [0.15, 0.2) is 24.3 Å². The fourth-order valence-electron chi connectivity index (χ4n) is 3.31. The molecule has 0 aliphatic carbocycles. The van der Waals surface area contributed by atoms with Crippen molar-refractivity contribution in [3.05, 3.63) is 44.4 Å². The second-order valence-corrected chi connectivity index (χ2v) is 8.19. The van der Waals surface area contributed by atoms with E-state index in [1.807, 2.05) is 24.0 Å². The van der Waals surface area contributed by atoms with E-state index in [1.165, 1.54) is 16.9 Å². The van der Waals surface area contributed by atoms with E-state index in [2.05, 4.69) is 24.0 Å². The lowest BCUT2D eigenvalue weighted by Gasteiger charge is -2.25. The topological polar surface area (TPSA) is 45.3 Å². The minimum absolute atomic E-state index is 0.144. The molecule has 1 aromatic heterocycles. The highest BCUT2D eigenvalue weighted by Gasteiger charge is 2.34. The number of nitrogens with zero attached hydrogens (tertiary/aromatic N) is 1. The largest absolute Gasteiger partial charge is 0.497 e. The van der Waals surface area contributed by atoms with E-state index < -0.39 is 0 Å². The third kappa shape index (κ3) is 3.54. The van der Waals surface area contributed by atoms with Gasteiger partial charge in [-0.1, -0.05) is 19.1 Å². The maximum absolute atomic E-state index is 12.9. The van der Waals surface area contributed by atoms with Crippen molar-refractivity contribution in [1.82, 2.24) is 9.88 Å². The van der Waals surface area contributed by atoms with Crippen LogP contribution >= 0.6 is 23.6 Å². The lowest BCUT2D eigenvalue weighted by Crippen LogP contribution is -2.32. The van der Waals surface area contributed by atoms with Crippen molar-refractivity contribution in [2.75, 3.05) is 13.7 Å². The number of carbonyl (C=O) groups excluding carboxylic acids is 1. The van der Waals surface area contributed by atoms with Crippen molar-refractivity contribution in [1.29, 1.82) is 0 Å². The van der Waals surface area contributed by atoms with Crippen LogP contribution in [0.1, 0.15) is 35.5 Å². The van der Waals surface area contributed by atoms with Crippen LogP contribution in [0.4, 0.5) is 0 Å². The van der Waals surface area contributed by atoms with Crippen LogP contribution in [-0.2, 0) is 11.2 Å². The molecule has 0 bridgehead atoms. The van der Waals surface area contributed by atoms with Crippen molar-refractivity contribution in [3.8, 4) is 5.75 Å². The smallest absolute Gasteiger partial charge is 0.228 e. The number of aryl methyl sites for hydroxylation is 1. The Balaban J connectivity index is 1.80. The number of hydrogen-bond donors (Lipinski definition) is 1. The lowest BCUT2D eigenvalue weighted by molar-refractivity contribution is -0.131. The Labute approximate surface area is 151 Å². The first-order valence-corrected chi connectivity index (χ1v) is 9.32. The predicted molar refractivity (Wildman–Crippen MR) is 99.2 cm³/mol. The van der Waals surface area contributed by atoms with E-state index in [0.717, 1.165) is 33.2 Å². The van der Waals surface area contributed by atoms with Gasteiger partial charge in [0, 0.05) is 17.1 Å². The molecular formula is C18H22N2O2S2. The number of hydrogen-bond acceptors (Lipinski definition) is 4. The molecule has 3 rings (SSSR count). The number of aromatic nitrogens is 1. The maximum atomic E-state index is 12.9. The first-order valence-electron chi connectivity index (χ1n) is 8.10. The van der Waals surface area contributed by atoms with Crippen molar-refractivity contribution in [2.24, 2.45) is 5.92 Å². The van der Waals surface area contributed by atoms with Gasteiger partial charge in [0.15, 0.2) is 3.95 Å². The number of benzene rings is 1. The molecule has 2 heterocycles. The summed E-state index contributed by atoms with van der Waals surface area (Å²) in [5, 5.41) is 0. The normalized spacial score (nSPS) is 20.4. The van der Waals surface area contributed by atoms with Crippen LogP contribution < -0.4 is 4.74 Å². The number of H-pyrrole nitrogens is 1. The number of aromatic amines is 1. The van der Waals surface area contributed by atoms with Gasteiger partial charge in [0.1, 0.15) is 5.75 Å². The molecular weight excluding hydrogens is 340 g/mol. The van der Waals surface area contributed by atoms with Gasteiger partial charge in [-0.2, -0.15) is 0 Å². The van der Waals surface area contributed by atoms with Gasteiger partial charge in [-0.15, -0.1) is 11.3 Å². The van der Waals surface area contributed by atoms with E-state index >= 15 is 0 Å². The molecule has 1 N–H and O–H groups in total. The molecule has 0 radical (unpaired) electrons. The molecule has 0 spiro atoms. The summed E-state index contributed by atoms with van der Waals surface area (Å²) in [5.74, 6) is 1.52. The molecule has 128 valence electrons. The fourth-order valence-corrected chi connectivity index (χ4v) is 4.59. The number of ether oxygens (including phenoxy) is 1. The second kappa shape index (κ2) is 7.07. The molecule has 1 aliphatic rings. The zero-order valence-corrected chi connectivity index (χ0v) is 15.8. The lowest BCUT2D eigenvalue weighted by atomic mass is 10.0. The average Bonchev–Trinajstić information content (AvgIpc) is 3.10. The molecule has 0 saturated carbocycles. The summed E-state index contributed by atoms with van der Waals surface area (Å²) in [4.78, 5) is 19.1. The number of carbonyl (C=O) groups is 1. The van der Waals surface area contributed by atoms with Crippen LogP contribution in [0.5, 0.6) is 5.75 Å². The molecule has 1 aliphatic heterocycles. The third-order valence-corrected chi connectivity index (χ3v) is 5.90. The Morgan fingerprint density at radius 1 is 1.42 bits per heavy atom. The number of methoxy groups -OCH3 is 1. The van der Waals surface area contributed by atoms with Gasteiger partial charge in [0.05, 0.1) is 19.6 Å². The summed E-state index contributed by atoms with van der Waals surface area (Å²) in [5.41, 5.74) is 2.18. The van der Waals surface area contributed by atoms with E-state index in [9.17, 15) is 4.79 Å². The highest BCUT2D eigenvalue weighted by atomic mass is 32.1. The highest BCUT2D eigenvalue weighted by Crippen LogP contribution is 2.36. The van der Waals surface area contributed by atoms with Gasteiger partial charge in [-0.05, 0) is 49.2 Å². The Hall–Kier alpha value is -1.66. The first kappa shape index (κ1) is 17.2. The summed E-state index contributed by atoms with van der Waals surface area (Å²) in [6, 6.07) is 8.19. The zero-order chi connectivity index (χ0) is 17.3. The van der Waals surface area contributed by atoms with Gasteiger partial charge in [0.25, 0.3) is 0 Å². The van der Waals surface area contributed by atoms with Crippen LogP contribution in [0, 0.1) is 16.8 Å². The summed E-state index contributed by atoms with van der Waals surface area (Å²) >= 11 is 6.68. The van der Waals surface area contributed by atoms with Gasteiger partial charge < -0.3 is 14.6 Å². The minimum atomic E-state index is 0.144. The van der Waals surface area contributed by atoms with Crippen LogP contribution in [0.2, 0.25) is 0 Å². The molecule has 1 amide bonds. The van der Waals surface area contributed by atoms with E-state index in [-0.39, 0.29) is 11.9 Å². The molecule has 2 atom stereocenters. The highest BCUT2D eigenvalue weighted by molar-refractivity contribution is 7.73. The van der Waals surface area contributed by atoms with Crippen molar-refractivity contribution < 1.29 is 9.53 Å². The predicted octanol–water partition coefficient (Wildman–Crippen LogP) is 4.27. The van der Waals surface area contributed by atoms with E-state index in [4.69, 9.17) is 17.0 Å². The molecule has 4 nitrogen and oxygen atoms in total. The van der Waals surface area contributed by atoms with E-state index in [0.29, 0.717) is 12.3 Å².